The summed E-state index contributed by atoms with van der Waals surface area (Å²) < 4.78 is 38.8. The van der Waals surface area contributed by atoms with Crippen molar-refractivity contribution in [1.29, 1.82) is 0 Å². The Balaban J connectivity index is 1.72. The van der Waals surface area contributed by atoms with Crippen LogP contribution in [0.1, 0.15) is 38.8 Å². The molecule has 0 spiro atoms. The van der Waals surface area contributed by atoms with E-state index in [1.54, 1.807) is 6.07 Å². The Kier molecular flexibility index (Phi) is 4.79. The minimum Gasteiger partial charge on any atom is -0.465 e. The minimum atomic E-state index is -4.44. The molecule has 2 bridgehead atoms. The summed E-state index contributed by atoms with van der Waals surface area (Å²) in [5.41, 5.74) is -0.818. The van der Waals surface area contributed by atoms with E-state index in [1.807, 2.05) is 18.7 Å². The van der Waals surface area contributed by atoms with Crippen molar-refractivity contribution >= 4 is 11.8 Å². The second-order valence-corrected chi connectivity index (χ2v) is 8.08. The lowest BCUT2D eigenvalue weighted by Gasteiger charge is -2.42. The fraction of sp³-hybridized carbons (Fsp3) is 0.667. The summed E-state index contributed by atoms with van der Waals surface area (Å²) in [5.74, 6) is 1.12. The summed E-state index contributed by atoms with van der Waals surface area (Å²) in [7, 11) is 0. The van der Waals surface area contributed by atoms with Gasteiger partial charge in [-0.05, 0) is 63.0 Å². The van der Waals surface area contributed by atoms with Crippen molar-refractivity contribution in [3.63, 3.8) is 0 Å². The van der Waals surface area contributed by atoms with Crippen LogP contribution in [0.4, 0.5) is 23.7 Å². The average Bonchev–Trinajstić information content (AvgIpc) is 2.75. The first-order valence-electron chi connectivity index (χ1n) is 8.84. The number of hydrogen-bond acceptors (Lipinski definition) is 3. The van der Waals surface area contributed by atoms with E-state index in [9.17, 15) is 18.0 Å². The molecule has 1 aliphatic heterocycles. The SMILES string of the molecule is CC(C)(C[C@H]1[C@@H]2CC[C@H]1CN(c1ccnc(C(F)(F)F)c1)C2)NC(=O)O. The van der Waals surface area contributed by atoms with Gasteiger partial charge in [-0.25, -0.2) is 4.79 Å². The third-order valence-electron chi connectivity index (χ3n) is 5.62. The monoisotopic (exact) mass is 371 g/mol. The predicted molar refractivity (Wildman–Crippen MR) is 91.0 cm³/mol. The highest BCUT2D eigenvalue weighted by molar-refractivity contribution is 5.65. The van der Waals surface area contributed by atoms with Crippen molar-refractivity contribution < 1.29 is 23.1 Å². The van der Waals surface area contributed by atoms with Crippen LogP contribution in [0.3, 0.4) is 0 Å². The zero-order valence-electron chi connectivity index (χ0n) is 14.9. The average molecular weight is 371 g/mol. The molecule has 3 atom stereocenters. The molecule has 144 valence electrons. The number of carbonyl (C=O) groups is 1. The fourth-order valence-corrected chi connectivity index (χ4v) is 4.58. The Morgan fingerprint density at radius 3 is 2.46 bits per heavy atom. The topological polar surface area (TPSA) is 65.5 Å². The maximum Gasteiger partial charge on any atom is 0.433 e. The molecule has 1 aliphatic carbocycles. The number of nitrogens with one attached hydrogen (secondary N) is 1. The number of amides is 1. The van der Waals surface area contributed by atoms with E-state index in [0.717, 1.165) is 25.3 Å². The first-order valence-corrected chi connectivity index (χ1v) is 8.84. The lowest BCUT2D eigenvalue weighted by atomic mass is 9.77. The van der Waals surface area contributed by atoms with Crippen LogP contribution in [0, 0.1) is 17.8 Å². The Morgan fingerprint density at radius 2 is 1.92 bits per heavy atom. The number of halogens is 3. The first kappa shape index (κ1) is 18.8. The van der Waals surface area contributed by atoms with Crippen LogP contribution < -0.4 is 10.2 Å². The molecule has 1 saturated carbocycles. The van der Waals surface area contributed by atoms with Gasteiger partial charge in [-0.3, -0.25) is 4.98 Å². The second-order valence-electron chi connectivity index (χ2n) is 8.08. The van der Waals surface area contributed by atoms with E-state index in [4.69, 9.17) is 5.11 Å². The van der Waals surface area contributed by atoms with Crippen molar-refractivity contribution in [3.05, 3.63) is 24.0 Å². The van der Waals surface area contributed by atoms with Gasteiger partial charge in [-0.1, -0.05) is 0 Å². The molecule has 8 heteroatoms. The van der Waals surface area contributed by atoms with Crippen LogP contribution in [-0.4, -0.2) is 34.8 Å². The predicted octanol–water partition coefficient (Wildman–Crippen LogP) is 4.00. The summed E-state index contributed by atoms with van der Waals surface area (Å²) in [6.07, 6.45) is -1.45. The third kappa shape index (κ3) is 4.04. The van der Waals surface area contributed by atoms with Crippen molar-refractivity contribution in [3.8, 4) is 0 Å². The molecule has 1 aromatic rings. The van der Waals surface area contributed by atoms with Gasteiger partial charge in [0.05, 0.1) is 0 Å². The molecule has 3 rings (SSSR count). The molecular formula is C18H24F3N3O2. The molecule has 2 heterocycles. The van der Waals surface area contributed by atoms with E-state index >= 15 is 0 Å². The summed E-state index contributed by atoms with van der Waals surface area (Å²) >= 11 is 0. The van der Waals surface area contributed by atoms with Gasteiger partial charge in [0, 0.05) is 30.5 Å². The number of hydrogen-bond donors (Lipinski definition) is 2. The zero-order valence-corrected chi connectivity index (χ0v) is 14.9. The largest absolute Gasteiger partial charge is 0.465 e. The van der Waals surface area contributed by atoms with E-state index in [0.29, 0.717) is 36.5 Å². The van der Waals surface area contributed by atoms with E-state index < -0.39 is 23.5 Å². The number of fused-ring (bicyclic) bond motifs is 2. The molecule has 1 saturated heterocycles. The molecule has 2 aliphatic rings. The number of carboxylic acid groups (broad SMARTS) is 1. The van der Waals surface area contributed by atoms with E-state index in [-0.39, 0.29) is 0 Å². The lowest BCUT2D eigenvalue weighted by Crippen LogP contribution is -2.49. The summed E-state index contributed by atoms with van der Waals surface area (Å²) in [4.78, 5) is 16.4. The molecule has 2 fully saturated rings. The number of anilines is 1. The molecule has 5 nitrogen and oxygen atoms in total. The van der Waals surface area contributed by atoms with Gasteiger partial charge >= 0.3 is 12.3 Å². The van der Waals surface area contributed by atoms with Gasteiger partial charge in [-0.2, -0.15) is 13.2 Å². The number of rotatable bonds is 4. The molecule has 26 heavy (non-hydrogen) atoms. The Hall–Kier alpha value is -1.99. The second kappa shape index (κ2) is 6.63. The maximum atomic E-state index is 12.9. The number of piperidine rings is 1. The van der Waals surface area contributed by atoms with Crippen molar-refractivity contribution in [1.82, 2.24) is 10.3 Å². The fourth-order valence-electron chi connectivity index (χ4n) is 4.58. The number of alkyl halides is 3. The zero-order chi connectivity index (χ0) is 19.1. The minimum absolute atomic E-state index is 0.367. The molecule has 2 N–H and O–H groups in total. The van der Waals surface area contributed by atoms with Crippen LogP contribution in [0.15, 0.2) is 18.3 Å². The molecule has 0 radical (unpaired) electrons. The van der Waals surface area contributed by atoms with Crippen LogP contribution in [0.2, 0.25) is 0 Å². The summed E-state index contributed by atoms with van der Waals surface area (Å²) in [6, 6.07) is 2.75. The Labute approximate surface area is 150 Å². The smallest absolute Gasteiger partial charge is 0.433 e. The highest BCUT2D eigenvalue weighted by Crippen LogP contribution is 2.46. The Morgan fingerprint density at radius 1 is 1.31 bits per heavy atom. The highest BCUT2D eigenvalue weighted by Gasteiger charge is 2.44. The van der Waals surface area contributed by atoms with Gasteiger partial charge in [0.25, 0.3) is 0 Å². The number of aromatic nitrogens is 1. The van der Waals surface area contributed by atoms with Crippen molar-refractivity contribution in [2.45, 2.75) is 44.8 Å². The standard InChI is InChI=1S/C18H24F3N3O2/c1-17(2,23-16(25)26)8-14-11-3-4-12(14)10-24(9-11)13-5-6-22-15(7-13)18(19,20)21/h5-7,11-12,14,23H,3-4,8-10H2,1-2H3,(H,25,26)/t11-,12+,14+. The Bertz CT molecular complexity index is 664. The van der Waals surface area contributed by atoms with Crippen LogP contribution in [0.25, 0.3) is 0 Å². The van der Waals surface area contributed by atoms with Gasteiger partial charge in [0.15, 0.2) is 0 Å². The number of nitrogens with zero attached hydrogens (tertiary/aromatic N) is 2. The molecule has 0 aromatic carbocycles. The van der Waals surface area contributed by atoms with Crippen LogP contribution >= 0.6 is 0 Å². The summed E-state index contributed by atoms with van der Waals surface area (Å²) in [6.45, 7) is 5.16. The lowest BCUT2D eigenvalue weighted by molar-refractivity contribution is -0.141. The van der Waals surface area contributed by atoms with Crippen molar-refractivity contribution in [2.24, 2.45) is 17.8 Å². The third-order valence-corrected chi connectivity index (χ3v) is 5.62. The first-order chi connectivity index (χ1) is 12.0. The van der Waals surface area contributed by atoms with E-state index in [2.05, 4.69) is 10.3 Å². The van der Waals surface area contributed by atoms with Gasteiger partial charge in [0.2, 0.25) is 0 Å². The van der Waals surface area contributed by atoms with Crippen molar-refractivity contribution in [2.75, 3.05) is 18.0 Å². The molecular weight excluding hydrogens is 347 g/mol. The van der Waals surface area contributed by atoms with Crippen LogP contribution in [0.5, 0.6) is 0 Å². The quantitative estimate of drug-likeness (QED) is 0.840. The van der Waals surface area contributed by atoms with Gasteiger partial charge in [-0.15, -0.1) is 0 Å². The highest BCUT2D eigenvalue weighted by atomic mass is 19.4. The van der Waals surface area contributed by atoms with Gasteiger partial charge < -0.3 is 15.3 Å². The molecule has 0 unspecified atom stereocenters. The molecule has 1 aromatic heterocycles. The molecule has 1 amide bonds. The normalized spacial score (nSPS) is 26.0. The maximum absolute atomic E-state index is 12.9. The van der Waals surface area contributed by atoms with E-state index in [1.165, 1.54) is 6.20 Å². The van der Waals surface area contributed by atoms with Gasteiger partial charge in [0.1, 0.15) is 5.69 Å². The number of pyridine rings is 1. The van der Waals surface area contributed by atoms with Crippen LogP contribution in [-0.2, 0) is 6.18 Å². The summed E-state index contributed by atoms with van der Waals surface area (Å²) in [5, 5.41) is 11.6.